The van der Waals surface area contributed by atoms with Crippen LogP contribution in [-0.4, -0.2) is 25.2 Å². The van der Waals surface area contributed by atoms with Crippen LogP contribution in [0.2, 0.25) is 0 Å². The van der Waals surface area contributed by atoms with Gasteiger partial charge in [0.2, 0.25) is 0 Å². The molecule has 1 saturated heterocycles. The van der Waals surface area contributed by atoms with Gasteiger partial charge in [-0.25, -0.2) is 14.7 Å². The van der Waals surface area contributed by atoms with Crippen LogP contribution in [0.5, 0.6) is 5.75 Å². The lowest BCUT2D eigenvalue weighted by molar-refractivity contribution is 0.218. The van der Waals surface area contributed by atoms with E-state index in [9.17, 15) is 4.79 Å². The zero-order valence-electron chi connectivity index (χ0n) is 9.23. The minimum atomic E-state index is -0.157. The van der Waals surface area contributed by atoms with Crippen LogP contribution in [0.4, 0.5) is 10.5 Å². The monoisotopic (exact) mass is 219 g/mol. The van der Waals surface area contributed by atoms with Crippen molar-refractivity contribution in [1.82, 2.24) is 10.4 Å². The number of hydrogen-bond donors (Lipinski definition) is 1. The van der Waals surface area contributed by atoms with E-state index in [0.717, 1.165) is 11.4 Å². The average molecular weight is 219 g/mol. The molecule has 1 aromatic rings. The number of ether oxygens (including phenoxy) is 1. The molecule has 0 unspecified atom stereocenters. The predicted octanol–water partition coefficient (Wildman–Crippen LogP) is 1.54. The molecule has 0 saturated carbocycles. The van der Waals surface area contributed by atoms with Crippen molar-refractivity contribution < 1.29 is 9.53 Å². The molecule has 5 nitrogen and oxygen atoms in total. The van der Waals surface area contributed by atoms with E-state index in [2.05, 4.69) is 12.0 Å². The molecule has 2 amide bonds. The minimum Gasteiger partial charge on any atom is -0.497 e. The second kappa shape index (κ2) is 3.77. The molecular weight excluding hydrogens is 206 g/mol. The van der Waals surface area contributed by atoms with E-state index in [0.29, 0.717) is 5.82 Å². The van der Waals surface area contributed by atoms with Crippen molar-refractivity contribution in [2.75, 3.05) is 19.1 Å². The highest BCUT2D eigenvalue weighted by molar-refractivity contribution is 5.96. The van der Waals surface area contributed by atoms with Gasteiger partial charge in [-0.2, -0.15) is 0 Å². The van der Waals surface area contributed by atoms with Crippen LogP contribution >= 0.6 is 0 Å². The second-order valence-corrected chi connectivity index (χ2v) is 3.43. The number of nitrogens with zero attached hydrogens (tertiary/aromatic N) is 2. The minimum absolute atomic E-state index is 0.157. The molecule has 0 radical (unpaired) electrons. The fraction of sp³-hybridized carbons (Fsp3) is 0.182. The normalized spacial score (nSPS) is 15.4. The van der Waals surface area contributed by atoms with Gasteiger partial charge in [-0.3, -0.25) is 5.43 Å². The Morgan fingerprint density at radius 2 is 1.94 bits per heavy atom. The van der Waals surface area contributed by atoms with Crippen molar-refractivity contribution in [2.24, 2.45) is 0 Å². The molecule has 1 N–H and O–H groups in total. The van der Waals surface area contributed by atoms with E-state index in [-0.39, 0.29) is 6.03 Å². The molecule has 1 heterocycles. The van der Waals surface area contributed by atoms with E-state index >= 15 is 0 Å². The Hall–Kier alpha value is -2.17. The van der Waals surface area contributed by atoms with Gasteiger partial charge < -0.3 is 4.74 Å². The third kappa shape index (κ3) is 1.56. The third-order valence-corrected chi connectivity index (χ3v) is 2.38. The zero-order valence-corrected chi connectivity index (χ0v) is 9.23. The highest BCUT2D eigenvalue weighted by atomic mass is 16.5. The Morgan fingerprint density at radius 1 is 1.31 bits per heavy atom. The number of hydrazine groups is 1. The van der Waals surface area contributed by atoms with Gasteiger partial charge in [0, 0.05) is 7.05 Å². The Morgan fingerprint density at radius 3 is 2.38 bits per heavy atom. The maximum absolute atomic E-state index is 11.8. The highest BCUT2D eigenvalue weighted by Gasteiger charge is 2.29. The maximum Gasteiger partial charge on any atom is 0.348 e. The van der Waals surface area contributed by atoms with Crippen LogP contribution < -0.4 is 15.1 Å². The van der Waals surface area contributed by atoms with Gasteiger partial charge in [0.05, 0.1) is 12.8 Å². The fourth-order valence-electron chi connectivity index (χ4n) is 1.55. The molecule has 1 aliphatic rings. The Balaban J connectivity index is 2.30. The quantitative estimate of drug-likeness (QED) is 0.820. The van der Waals surface area contributed by atoms with Crippen molar-refractivity contribution in [3.05, 3.63) is 36.7 Å². The molecule has 0 aromatic heterocycles. The first-order chi connectivity index (χ1) is 7.63. The molecule has 1 aliphatic heterocycles. The number of carbonyl (C=O) groups excluding carboxylic acids is 1. The van der Waals surface area contributed by atoms with Gasteiger partial charge in [-0.15, -0.1) is 0 Å². The smallest absolute Gasteiger partial charge is 0.348 e. The van der Waals surface area contributed by atoms with E-state index in [1.807, 2.05) is 12.1 Å². The summed E-state index contributed by atoms with van der Waals surface area (Å²) in [6.07, 6.45) is 0. The molecule has 0 bridgehead atoms. The molecule has 1 aromatic carbocycles. The zero-order chi connectivity index (χ0) is 11.7. The number of urea groups is 1. The van der Waals surface area contributed by atoms with E-state index in [1.165, 1.54) is 9.91 Å². The lowest BCUT2D eigenvalue weighted by Gasteiger charge is -2.14. The number of carbonyl (C=O) groups is 1. The van der Waals surface area contributed by atoms with Gasteiger partial charge >= 0.3 is 6.03 Å². The van der Waals surface area contributed by atoms with Crippen LogP contribution in [0.15, 0.2) is 36.7 Å². The number of rotatable bonds is 2. The summed E-state index contributed by atoms with van der Waals surface area (Å²) >= 11 is 0. The van der Waals surface area contributed by atoms with Crippen molar-refractivity contribution in [2.45, 2.75) is 0 Å². The predicted molar refractivity (Wildman–Crippen MR) is 60.9 cm³/mol. The largest absolute Gasteiger partial charge is 0.497 e. The second-order valence-electron chi connectivity index (χ2n) is 3.43. The summed E-state index contributed by atoms with van der Waals surface area (Å²) < 4.78 is 5.05. The molecule has 1 fully saturated rings. The van der Waals surface area contributed by atoms with Gasteiger partial charge in [-0.1, -0.05) is 6.58 Å². The standard InChI is InChI=1S/C11H13N3O2/c1-8-12-13(2)11(15)14(8)9-4-6-10(16-3)7-5-9/h4-7,12H,1H2,2-3H3. The molecular formula is C11H13N3O2. The van der Waals surface area contributed by atoms with E-state index < -0.39 is 0 Å². The van der Waals surface area contributed by atoms with Crippen molar-refractivity contribution in [3.8, 4) is 5.75 Å². The number of benzene rings is 1. The molecule has 5 heteroatoms. The fourth-order valence-corrected chi connectivity index (χ4v) is 1.55. The summed E-state index contributed by atoms with van der Waals surface area (Å²) in [6, 6.07) is 7.06. The van der Waals surface area contributed by atoms with Crippen LogP contribution in [0.1, 0.15) is 0 Å². The molecule has 16 heavy (non-hydrogen) atoms. The van der Waals surface area contributed by atoms with Gasteiger partial charge in [0.15, 0.2) is 0 Å². The SMILES string of the molecule is C=C1NN(C)C(=O)N1c1ccc(OC)cc1. The summed E-state index contributed by atoms with van der Waals surface area (Å²) in [5.41, 5.74) is 3.58. The number of hydrogen-bond acceptors (Lipinski definition) is 3. The van der Waals surface area contributed by atoms with Crippen LogP contribution in [0.3, 0.4) is 0 Å². The summed E-state index contributed by atoms with van der Waals surface area (Å²) in [5, 5.41) is 1.38. The summed E-state index contributed by atoms with van der Waals surface area (Å²) in [4.78, 5) is 13.3. The lowest BCUT2D eigenvalue weighted by Crippen LogP contribution is -2.30. The van der Waals surface area contributed by atoms with Crippen molar-refractivity contribution in [3.63, 3.8) is 0 Å². The number of nitrogens with one attached hydrogen (secondary N) is 1. The molecule has 84 valence electrons. The van der Waals surface area contributed by atoms with Crippen LogP contribution in [-0.2, 0) is 0 Å². The third-order valence-electron chi connectivity index (χ3n) is 2.38. The van der Waals surface area contributed by atoms with Crippen LogP contribution in [0, 0.1) is 0 Å². The Bertz CT molecular complexity index is 427. The summed E-state index contributed by atoms with van der Waals surface area (Å²) in [6.45, 7) is 3.78. The first-order valence-corrected chi connectivity index (χ1v) is 4.81. The topological polar surface area (TPSA) is 44.8 Å². The van der Waals surface area contributed by atoms with Gasteiger partial charge in [0.25, 0.3) is 0 Å². The first-order valence-electron chi connectivity index (χ1n) is 4.81. The van der Waals surface area contributed by atoms with Gasteiger partial charge in [-0.05, 0) is 24.3 Å². The first kappa shape index (κ1) is 10.4. The number of anilines is 1. The van der Waals surface area contributed by atoms with Crippen molar-refractivity contribution >= 4 is 11.7 Å². The van der Waals surface area contributed by atoms with E-state index in [4.69, 9.17) is 4.74 Å². The Kier molecular flexibility index (Phi) is 2.44. The molecule has 0 aliphatic carbocycles. The Labute approximate surface area is 93.9 Å². The lowest BCUT2D eigenvalue weighted by atomic mass is 10.3. The average Bonchev–Trinajstić information content (AvgIpc) is 2.54. The van der Waals surface area contributed by atoms with Crippen molar-refractivity contribution in [1.29, 1.82) is 0 Å². The van der Waals surface area contributed by atoms with E-state index in [1.54, 1.807) is 26.3 Å². The number of amides is 2. The highest BCUT2D eigenvalue weighted by Crippen LogP contribution is 2.24. The molecule has 0 atom stereocenters. The van der Waals surface area contributed by atoms with Crippen LogP contribution in [0.25, 0.3) is 0 Å². The summed E-state index contributed by atoms with van der Waals surface area (Å²) in [5.74, 6) is 1.29. The molecule has 2 rings (SSSR count). The molecule has 0 spiro atoms. The maximum atomic E-state index is 11.8. The summed E-state index contributed by atoms with van der Waals surface area (Å²) in [7, 11) is 3.25. The number of methoxy groups -OCH3 is 1. The van der Waals surface area contributed by atoms with Gasteiger partial charge in [0.1, 0.15) is 11.6 Å².